The van der Waals surface area contributed by atoms with Crippen LogP contribution in [0, 0.1) is 0 Å². The summed E-state index contributed by atoms with van der Waals surface area (Å²) in [5.74, 6) is -0.0432. The summed E-state index contributed by atoms with van der Waals surface area (Å²) in [6.07, 6.45) is 4.14. The van der Waals surface area contributed by atoms with Gasteiger partial charge in [-0.25, -0.2) is 4.79 Å². The maximum absolute atomic E-state index is 11.4. The molecular weight excluding hydrogens is 258 g/mol. The quantitative estimate of drug-likeness (QED) is 0.863. The van der Waals surface area contributed by atoms with Crippen molar-refractivity contribution in [3.05, 3.63) is 23.3 Å². The van der Waals surface area contributed by atoms with Crippen LogP contribution in [-0.4, -0.2) is 31.8 Å². The van der Waals surface area contributed by atoms with E-state index < -0.39 is 5.97 Å². The molecule has 5 nitrogen and oxygen atoms in total. The number of rotatable bonds is 5. The predicted octanol–water partition coefficient (Wildman–Crippen LogP) is 2.17. The van der Waals surface area contributed by atoms with Gasteiger partial charge in [0.1, 0.15) is 17.1 Å². The Morgan fingerprint density at radius 3 is 2.30 bits per heavy atom. The zero-order valence-electron chi connectivity index (χ0n) is 11.9. The fraction of sp³-hybridized carbons (Fsp3) is 0.533. The van der Waals surface area contributed by atoms with Crippen molar-refractivity contribution in [2.75, 3.05) is 20.8 Å². The van der Waals surface area contributed by atoms with Gasteiger partial charge in [-0.05, 0) is 18.9 Å². The van der Waals surface area contributed by atoms with Crippen molar-refractivity contribution in [3.63, 3.8) is 0 Å². The van der Waals surface area contributed by atoms with E-state index in [2.05, 4.69) is 0 Å². The van der Waals surface area contributed by atoms with Gasteiger partial charge in [0.15, 0.2) is 0 Å². The topological polar surface area (TPSA) is 81.8 Å². The van der Waals surface area contributed by atoms with Crippen LogP contribution in [0.4, 0.5) is 0 Å². The Labute approximate surface area is 118 Å². The lowest BCUT2D eigenvalue weighted by Gasteiger charge is -2.30. The summed E-state index contributed by atoms with van der Waals surface area (Å²) in [6.45, 7) is 0.495. The van der Waals surface area contributed by atoms with Crippen LogP contribution in [0.3, 0.4) is 0 Å². The van der Waals surface area contributed by atoms with E-state index in [1.165, 1.54) is 7.11 Å². The van der Waals surface area contributed by atoms with E-state index in [-0.39, 0.29) is 11.0 Å². The van der Waals surface area contributed by atoms with Gasteiger partial charge in [-0.3, -0.25) is 0 Å². The van der Waals surface area contributed by atoms with Crippen LogP contribution in [0.15, 0.2) is 12.1 Å². The molecule has 0 radical (unpaired) electrons. The Bertz CT molecular complexity index is 507. The van der Waals surface area contributed by atoms with Gasteiger partial charge < -0.3 is 20.3 Å². The molecule has 0 heterocycles. The molecule has 3 N–H and O–H groups in total. The van der Waals surface area contributed by atoms with Crippen molar-refractivity contribution in [2.24, 2.45) is 5.73 Å². The molecule has 0 bridgehead atoms. The van der Waals surface area contributed by atoms with E-state index in [1.807, 2.05) is 0 Å². The SMILES string of the molecule is COc1cc(OC)c(C2(CN)CCCC2)cc1C(=O)O. The van der Waals surface area contributed by atoms with Gasteiger partial charge in [0, 0.05) is 23.6 Å². The van der Waals surface area contributed by atoms with Crippen LogP contribution in [0.1, 0.15) is 41.6 Å². The van der Waals surface area contributed by atoms with Crippen LogP contribution >= 0.6 is 0 Å². The van der Waals surface area contributed by atoms with Crippen molar-refractivity contribution in [3.8, 4) is 11.5 Å². The van der Waals surface area contributed by atoms with Crippen molar-refractivity contribution in [1.82, 2.24) is 0 Å². The number of hydrogen-bond donors (Lipinski definition) is 2. The largest absolute Gasteiger partial charge is 0.496 e. The van der Waals surface area contributed by atoms with Crippen molar-refractivity contribution in [1.29, 1.82) is 0 Å². The first-order valence-electron chi connectivity index (χ1n) is 6.78. The highest BCUT2D eigenvalue weighted by Gasteiger charge is 2.37. The second-order valence-electron chi connectivity index (χ2n) is 5.25. The average Bonchev–Trinajstić information content (AvgIpc) is 2.95. The lowest BCUT2D eigenvalue weighted by Crippen LogP contribution is -2.32. The first-order valence-corrected chi connectivity index (χ1v) is 6.78. The lowest BCUT2D eigenvalue weighted by atomic mass is 9.77. The Hall–Kier alpha value is -1.75. The fourth-order valence-corrected chi connectivity index (χ4v) is 3.12. The Morgan fingerprint density at radius 1 is 1.25 bits per heavy atom. The number of carbonyl (C=O) groups is 1. The molecule has 1 aliphatic carbocycles. The smallest absolute Gasteiger partial charge is 0.339 e. The maximum Gasteiger partial charge on any atom is 0.339 e. The number of aromatic carboxylic acids is 1. The standard InChI is InChI=1S/C15H21NO4/c1-19-12-8-13(20-2)11(7-10(12)14(17)18)15(9-16)5-3-4-6-15/h7-8H,3-6,9,16H2,1-2H3,(H,17,18). The number of benzene rings is 1. The highest BCUT2D eigenvalue weighted by molar-refractivity contribution is 5.91. The number of carboxylic acids is 1. The molecule has 1 aromatic carbocycles. The summed E-state index contributed by atoms with van der Waals surface area (Å²) in [6, 6.07) is 3.31. The lowest BCUT2D eigenvalue weighted by molar-refractivity contribution is 0.0693. The summed E-state index contributed by atoms with van der Waals surface area (Å²) in [4.78, 5) is 11.4. The van der Waals surface area contributed by atoms with Gasteiger partial charge in [0.2, 0.25) is 0 Å². The first kappa shape index (κ1) is 14.7. The zero-order valence-corrected chi connectivity index (χ0v) is 11.9. The van der Waals surface area contributed by atoms with Gasteiger partial charge in [0.05, 0.1) is 14.2 Å². The molecule has 0 unspecified atom stereocenters. The molecule has 110 valence electrons. The molecule has 5 heteroatoms. The molecule has 1 aliphatic rings. The molecule has 1 fully saturated rings. The highest BCUT2D eigenvalue weighted by Crippen LogP contribution is 2.45. The number of methoxy groups -OCH3 is 2. The fourth-order valence-electron chi connectivity index (χ4n) is 3.12. The van der Waals surface area contributed by atoms with E-state index in [1.54, 1.807) is 19.2 Å². The van der Waals surface area contributed by atoms with Crippen molar-refractivity contribution < 1.29 is 19.4 Å². The number of hydrogen-bond acceptors (Lipinski definition) is 4. The number of carboxylic acid groups (broad SMARTS) is 1. The minimum Gasteiger partial charge on any atom is -0.496 e. The number of nitrogens with two attached hydrogens (primary N) is 1. The minimum atomic E-state index is -1.00. The van der Waals surface area contributed by atoms with E-state index in [4.69, 9.17) is 15.2 Å². The zero-order chi connectivity index (χ0) is 14.8. The third kappa shape index (κ3) is 2.33. The molecule has 0 aliphatic heterocycles. The summed E-state index contributed by atoms with van der Waals surface area (Å²) < 4.78 is 10.6. The van der Waals surface area contributed by atoms with Crippen LogP contribution in [0.25, 0.3) is 0 Å². The molecule has 0 amide bonds. The third-order valence-electron chi connectivity index (χ3n) is 4.27. The molecule has 0 aromatic heterocycles. The molecule has 2 rings (SSSR count). The Morgan fingerprint density at radius 2 is 1.85 bits per heavy atom. The van der Waals surface area contributed by atoms with Gasteiger partial charge in [-0.1, -0.05) is 12.8 Å². The van der Waals surface area contributed by atoms with Crippen LogP contribution in [0.5, 0.6) is 11.5 Å². The maximum atomic E-state index is 11.4. The monoisotopic (exact) mass is 279 g/mol. The summed E-state index contributed by atoms with van der Waals surface area (Å²) in [5.41, 5.74) is 6.85. The van der Waals surface area contributed by atoms with Gasteiger partial charge in [0.25, 0.3) is 0 Å². The Kier molecular flexibility index (Phi) is 4.18. The third-order valence-corrected chi connectivity index (χ3v) is 4.27. The van der Waals surface area contributed by atoms with E-state index >= 15 is 0 Å². The summed E-state index contributed by atoms with van der Waals surface area (Å²) in [7, 11) is 3.03. The Balaban J connectivity index is 2.61. The predicted molar refractivity (Wildman–Crippen MR) is 75.7 cm³/mol. The molecule has 0 atom stereocenters. The van der Waals surface area contributed by atoms with Crippen molar-refractivity contribution >= 4 is 5.97 Å². The molecule has 0 spiro atoms. The van der Waals surface area contributed by atoms with Gasteiger partial charge in [-0.15, -0.1) is 0 Å². The van der Waals surface area contributed by atoms with E-state index in [9.17, 15) is 9.90 Å². The summed E-state index contributed by atoms with van der Waals surface area (Å²) >= 11 is 0. The van der Waals surface area contributed by atoms with Crippen LogP contribution < -0.4 is 15.2 Å². The second kappa shape index (κ2) is 5.71. The average molecular weight is 279 g/mol. The molecule has 0 saturated heterocycles. The minimum absolute atomic E-state index is 0.156. The molecule has 1 saturated carbocycles. The van der Waals surface area contributed by atoms with Gasteiger partial charge in [-0.2, -0.15) is 0 Å². The van der Waals surface area contributed by atoms with Crippen LogP contribution in [-0.2, 0) is 5.41 Å². The molecule has 1 aromatic rings. The highest BCUT2D eigenvalue weighted by atomic mass is 16.5. The second-order valence-corrected chi connectivity index (χ2v) is 5.25. The van der Waals surface area contributed by atoms with Gasteiger partial charge >= 0.3 is 5.97 Å². The van der Waals surface area contributed by atoms with E-state index in [0.29, 0.717) is 18.0 Å². The van der Waals surface area contributed by atoms with Crippen molar-refractivity contribution in [2.45, 2.75) is 31.1 Å². The molecule has 20 heavy (non-hydrogen) atoms. The first-order chi connectivity index (χ1) is 9.57. The number of ether oxygens (including phenoxy) is 2. The van der Waals surface area contributed by atoms with Crippen LogP contribution in [0.2, 0.25) is 0 Å². The molecular formula is C15H21NO4. The normalized spacial score (nSPS) is 16.9. The van der Waals surface area contributed by atoms with E-state index in [0.717, 1.165) is 31.2 Å². The summed E-state index contributed by atoms with van der Waals surface area (Å²) in [5, 5.41) is 9.33.